The summed E-state index contributed by atoms with van der Waals surface area (Å²) in [5.41, 5.74) is 0.495. The summed E-state index contributed by atoms with van der Waals surface area (Å²) in [6.07, 6.45) is 1.25. The largest absolute Gasteiger partial charge is 0.381 e. The van der Waals surface area contributed by atoms with Crippen LogP contribution >= 0.6 is 0 Å². The number of anilines is 1. The molecule has 1 heterocycles. The summed E-state index contributed by atoms with van der Waals surface area (Å²) >= 11 is 0. The van der Waals surface area contributed by atoms with Gasteiger partial charge in [-0.2, -0.15) is 0 Å². The van der Waals surface area contributed by atoms with E-state index in [1.807, 2.05) is 0 Å². The fourth-order valence-corrected chi connectivity index (χ4v) is 1.32. The van der Waals surface area contributed by atoms with Gasteiger partial charge < -0.3 is 15.4 Å². The van der Waals surface area contributed by atoms with E-state index in [2.05, 4.69) is 10.3 Å². The van der Waals surface area contributed by atoms with Crippen molar-refractivity contribution in [1.82, 2.24) is 4.98 Å². The Morgan fingerprint density at radius 2 is 2.19 bits per heavy atom. The van der Waals surface area contributed by atoms with Crippen molar-refractivity contribution in [1.29, 1.82) is 0 Å². The highest BCUT2D eigenvalue weighted by Gasteiger charge is 2.06. The molecule has 0 bridgehead atoms. The zero-order valence-corrected chi connectivity index (χ0v) is 8.98. The van der Waals surface area contributed by atoms with E-state index in [1.165, 1.54) is 18.3 Å². The Morgan fingerprint density at radius 3 is 2.62 bits per heavy atom. The molecule has 8 nitrogen and oxygen atoms in total. The minimum absolute atomic E-state index is 0.123. The molecule has 0 aliphatic rings. The van der Waals surface area contributed by atoms with Crippen LogP contribution < -0.4 is 10.5 Å². The molecule has 0 spiro atoms. The van der Waals surface area contributed by atoms with E-state index in [-0.39, 0.29) is 18.1 Å². The highest BCUT2D eigenvalue weighted by atomic mass is 32.2. The lowest BCUT2D eigenvalue weighted by atomic mass is 10.4. The Bertz CT molecular complexity index is 470. The number of pyridine rings is 1. The molecular formula is C7H10N4O4S. The number of nitrogens with two attached hydrogens (primary N) is 1. The molecule has 88 valence electrons. The molecule has 0 aliphatic heterocycles. The van der Waals surface area contributed by atoms with E-state index < -0.39 is 14.9 Å². The predicted octanol–water partition coefficient (Wildman–Crippen LogP) is -0.310. The quantitative estimate of drug-likeness (QED) is 0.541. The van der Waals surface area contributed by atoms with E-state index in [0.717, 1.165) is 0 Å². The van der Waals surface area contributed by atoms with Crippen LogP contribution in [0, 0.1) is 10.1 Å². The molecule has 16 heavy (non-hydrogen) atoms. The number of rotatable bonds is 5. The van der Waals surface area contributed by atoms with Gasteiger partial charge in [0, 0.05) is 12.6 Å². The summed E-state index contributed by atoms with van der Waals surface area (Å²) in [6, 6.07) is 2.66. The van der Waals surface area contributed by atoms with Crippen molar-refractivity contribution in [3.63, 3.8) is 0 Å². The topological polar surface area (TPSA) is 128 Å². The number of aromatic nitrogens is 1. The van der Waals surface area contributed by atoms with Crippen LogP contribution in [0.15, 0.2) is 18.3 Å². The Hall–Kier alpha value is -1.74. The maximum absolute atomic E-state index is 10.6. The van der Waals surface area contributed by atoms with E-state index in [9.17, 15) is 18.5 Å². The number of hydrogen-bond donors (Lipinski definition) is 2. The van der Waals surface area contributed by atoms with Crippen LogP contribution in [0.4, 0.5) is 11.5 Å². The van der Waals surface area contributed by atoms with Gasteiger partial charge in [-0.25, -0.2) is 13.6 Å². The van der Waals surface area contributed by atoms with Gasteiger partial charge in [-0.1, -0.05) is 0 Å². The second-order valence-electron chi connectivity index (χ2n) is 2.96. The highest BCUT2D eigenvalue weighted by Crippen LogP contribution is 2.10. The SMILES string of the molecule is NS(=O)(=O)CCNc1ccc([N+](=O)[O-])nc1. The standard InChI is InChI=1S/C7H10N4O4S/c8-16(14,15)4-3-9-6-1-2-7(10-5-6)11(12)13/h1-2,5,9H,3-4H2,(H2,8,14,15). The highest BCUT2D eigenvalue weighted by molar-refractivity contribution is 7.89. The first kappa shape index (κ1) is 12.3. The molecule has 0 amide bonds. The van der Waals surface area contributed by atoms with Crippen molar-refractivity contribution in [2.45, 2.75) is 0 Å². The smallest absolute Gasteiger partial charge is 0.363 e. The first-order valence-corrected chi connectivity index (χ1v) is 5.95. The van der Waals surface area contributed by atoms with Crippen molar-refractivity contribution in [2.24, 2.45) is 5.14 Å². The number of nitro groups is 1. The molecule has 9 heteroatoms. The number of sulfonamides is 1. The second-order valence-corrected chi connectivity index (χ2v) is 4.69. The summed E-state index contributed by atoms with van der Waals surface area (Å²) < 4.78 is 21.2. The summed E-state index contributed by atoms with van der Waals surface area (Å²) in [5.74, 6) is -0.485. The third kappa shape index (κ3) is 4.19. The molecule has 0 saturated carbocycles. The Labute approximate surface area is 91.7 Å². The molecule has 1 rings (SSSR count). The average Bonchev–Trinajstić information content (AvgIpc) is 2.16. The normalized spacial score (nSPS) is 11.1. The average molecular weight is 246 g/mol. The van der Waals surface area contributed by atoms with Crippen molar-refractivity contribution < 1.29 is 13.3 Å². The molecule has 0 atom stereocenters. The Balaban J connectivity index is 2.53. The zero-order chi connectivity index (χ0) is 12.2. The van der Waals surface area contributed by atoms with Gasteiger partial charge in [0.05, 0.1) is 11.4 Å². The fraction of sp³-hybridized carbons (Fsp3) is 0.286. The summed E-state index contributed by atoms with van der Waals surface area (Å²) in [4.78, 5) is 13.2. The Morgan fingerprint density at radius 1 is 1.50 bits per heavy atom. The monoisotopic (exact) mass is 246 g/mol. The molecule has 3 N–H and O–H groups in total. The lowest BCUT2D eigenvalue weighted by molar-refractivity contribution is -0.389. The van der Waals surface area contributed by atoms with Crippen LogP contribution in [0.2, 0.25) is 0 Å². The molecule has 0 aromatic carbocycles. The van der Waals surface area contributed by atoms with Crippen molar-refractivity contribution >= 4 is 21.5 Å². The van der Waals surface area contributed by atoms with Crippen LogP contribution in [0.25, 0.3) is 0 Å². The minimum Gasteiger partial charge on any atom is -0.381 e. The van der Waals surface area contributed by atoms with E-state index >= 15 is 0 Å². The third-order valence-corrected chi connectivity index (χ3v) is 2.42. The molecule has 0 unspecified atom stereocenters. The van der Waals surface area contributed by atoms with Crippen LogP contribution in [0.1, 0.15) is 0 Å². The van der Waals surface area contributed by atoms with E-state index in [4.69, 9.17) is 5.14 Å². The van der Waals surface area contributed by atoms with Gasteiger partial charge in [0.25, 0.3) is 0 Å². The third-order valence-electron chi connectivity index (χ3n) is 1.65. The molecular weight excluding hydrogens is 236 g/mol. The number of hydrogen-bond acceptors (Lipinski definition) is 6. The van der Waals surface area contributed by atoms with Gasteiger partial charge in [-0.15, -0.1) is 0 Å². The molecule has 0 saturated heterocycles. The summed E-state index contributed by atoms with van der Waals surface area (Å²) in [6.45, 7) is 0.123. The van der Waals surface area contributed by atoms with Crippen LogP contribution in [-0.2, 0) is 10.0 Å². The molecule has 0 aliphatic carbocycles. The molecule has 0 fully saturated rings. The minimum atomic E-state index is -3.51. The fourth-order valence-electron chi connectivity index (χ4n) is 0.936. The number of nitrogens with zero attached hydrogens (tertiary/aromatic N) is 2. The summed E-state index contributed by atoms with van der Waals surface area (Å²) in [5, 5.41) is 17.8. The van der Waals surface area contributed by atoms with Crippen LogP contribution in [0.5, 0.6) is 0 Å². The van der Waals surface area contributed by atoms with Crippen molar-refractivity contribution in [3.8, 4) is 0 Å². The van der Waals surface area contributed by atoms with Crippen molar-refractivity contribution in [2.75, 3.05) is 17.6 Å². The van der Waals surface area contributed by atoms with Gasteiger partial charge in [-0.3, -0.25) is 0 Å². The zero-order valence-electron chi connectivity index (χ0n) is 8.16. The second kappa shape index (κ2) is 4.86. The van der Waals surface area contributed by atoms with E-state index in [0.29, 0.717) is 5.69 Å². The first-order valence-electron chi connectivity index (χ1n) is 4.23. The van der Waals surface area contributed by atoms with E-state index in [1.54, 1.807) is 0 Å². The van der Waals surface area contributed by atoms with Gasteiger partial charge in [0.15, 0.2) is 6.20 Å². The molecule has 1 aromatic rings. The number of primary sulfonamides is 1. The lowest BCUT2D eigenvalue weighted by Crippen LogP contribution is -2.22. The van der Waals surface area contributed by atoms with Gasteiger partial charge >= 0.3 is 5.82 Å². The lowest BCUT2D eigenvalue weighted by Gasteiger charge is -2.02. The number of nitrogens with one attached hydrogen (secondary N) is 1. The van der Waals surface area contributed by atoms with Gasteiger partial charge in [0.2, 0.25) is 10.0 Å². The predicted molar refractivity (Wildman–Crippen MR) is 57.4 cm³/mol. The molecule has 0 radical (unpaired) electrons. The van der Waals surface area contributed by atoms with Crippen molar-refractivity contribution in [3.05, 3.63) is 28.4 Å². The Kier molecular flexibility index (Phi) is 3.74. The maximum Gasteiger partial charge on any atom is 0.363 e. The maximum atomic E-state index is 10.6. The first-order chi connectivity index (χ1) is 7.38. The van der Waals surface area contributed by atoms with Crippen LogP contribution in [0.3, 0.4) is 0 Å². The van der Waals surface area contributed by atoms with Crippen LogP contribution in [-0.4, -0.2) is 30.6 Å². The molecule has 1 aromatic heterocycles. The van der Waals surface area contributed by atoms with Gasteiger partial charge in [-0.05, 0) is 16.0 Å². The van der Waals surface area contributed by atoms with Gasteiger partial charge in [0.1, 0.15) is 0 Å². The summed E-state index contributed by atoms with van der Waals surface area (Å²) in [7, 11) is -3.51.